The molecular formula is C25H26N2O4. The van der Waals surface area contributed by atoms with Gasteiger partial charge in [0.25, 0.3) is 5.91 Å². The van der Waals surface area contributed by atoms with E-state index in [1.165, 1.54) is 16.3 Å². The predicted octanol–water partition coefficient (Wildman–Crippen LogP) is 3.55. The van der Waals surface area contributed by atoms with Crippen molar-refractivity contribution in [3.8, 4) is 0 Å². The number of rotatable bonds is 7. The third kappa shape index (κ3) is 4.93. The van der Waals surface area contributed by atoms with E-state index < -0.39 is 5.97 Å². The van der Waals surface area contributed by atoms with Gasteiger partial charge >= 0.3 is 5.97 Å². The van der Waals surface area contributed by atoms with E-state index in [2.05, 4.69) is 42.6 Å². The normalized spacial score (nSPS) is 17.6. The largest absolute Gasteiger partial charge is 0.481 e. The summed E-state index contributed by atoms with van der Waals surface area (Å²) in [6.45, 7) is 3.23. The average molecular weight is 418 g/mol. The third-order valence-electron chi connectivity index (χ3n) is 5.67. The van der Waals surface area contributed by atoms with Crippen molar-refractivity contribution in [2.45, 2.75) is 25.5 Å². The van der Waals surface area contributed by atoms with Crippen LogP contribution in [0.3, 0.4) is 0 Å². The summed E-state index contributed by atoms with van der Waals surface area (Å²) in [4.78, 5) is 25.0. The molecule has 4 rings (SSSR count). The zero-order chi connectivity index (χ0) is 21.8. The smallest absolute Gasteiger partial charge is 0.307 e. The monoisotopic (exact) mass is 418 g/mol. The second kappa shape index (κ2) is 9.29. The number of morpholine rings is 1. The van der Waals surface area contributed by atoms with Crippen molar-refractivity contribution in [3.05, 3.63) is 77.9 Å². The highest BCUT2D eigenvalue weighted by Crippen LogP contribution is 2.25. The quantitative estimate of drug-likeness (QED) is 0.614. The highest BCUT2D eigenvalue weighted by atomic mass is 16.5. The maximum Gasteiger partial charge on any atom is 0.307 e. The van der Waals surface area contributed by atoms with Crippen LogP contribution in [0, 0.1) is 0 Å². The summed E-state index contributed by atoms with van der Waals surface area (Å²) in [5.41, 5.74) is 2.70. The van der Waals surface area contributed by atoms with Crippen molar-refractivity contribution in [1.82, 2.24) is 5.32 Å². The van der Waals surface area contributed by atoms with Crippen molar-refractivity contribution in [3.63, 3.8) is 0 Å². The Morgan fingerprint density at radius 1 is 1.13 bits per heavy atom. The van der Waals surface area contributed by atoms with Gasteiger partial charge in [0.05, 0.1) is 19.1 Å². The minimum absolute atomic E-state index is 0.0318. The van der Waals surface area contributed by atoms with Crippen molar-refractivity contribution in [1.29, 1.82) is 0 Å². The van der Waals surface area contributed by atoms with Crippen LogP contribution in [0.2, 0.25) is 0 Å². The van der Waals surface area contributed by atoms with Crippen LogP contribution < -0.4 is 10.2 Å². The summed E-state index contributed by atoms with van der Waals surface area (Å²) in [5.74, 6) is -0.967. The molecule has 1 aliphatic heterocycles. The Balaban J connectivity index is 1.40. The maximum atomic E-state index is 12.4. The summed E-state index contributed by atoms with van der Waals surface area (Å²) < 4.78 is 5.76. The fraction of sp³-hybridized carbons (Fsp3) is 0.280. The van der Waals surface area contributed by atoms with Crippen LogP contribution in [0.4, 0.5) is 5.69 Å². The molecule has 2 unspecified atom stereocenters. The second-order valence-corrected chi connectivity index (χ2v) is 7.87. The van der Waals surface area contributed by atoms with Crippen LogP contribution >= 0.6 is 0 Å². The molecule has 1 amide bonds. The van der Waals surface area contributed by atoms with Crippen molar-refractivity contribution in [2.24, 2.45) is 0 Å². The molecule has 0 aliphatic carbocycles. The number of aliphatic carboxylic acids is 1. The fourth-order valence-electron chi connectivity index (χ4n) is 4.01. The molecule has 3 aromatic rings. The molecule has 6 heteroatoms. The van der Waals surface area contributed by atoms with Crippen LogP contribution in [0.5, 0.6) is 0 Å². The molecular weight excluding hydrogens is 392 g/mol. The number of hydrogen-bond donors (Lipinski definition) is 2. The van der Waals surface area contributed by atoms with Gasteiger partial charge in [0.2, 0.25) is 0 Å². The Morgan fingerprint density at radius 2 is 1.87 bits per heavy atom. The molecule has 0 spiro atoms. The molecule has 31 heavy (non-hydrogen) atoms. The van der Waals surface area contributed by atoms with E-state index in [1.807, 2.05) is 12.1 Å². The van der Waals surface area contributed by atoms with Gasteiger partial charge in [-0.05, 0) is 41.0 Å². The molecule has 6 nitrogen and oxygen atoms in total. The second-order valence-electron chi connectivity index (χ2n) is 7.87. The Labute approximate surface area is 181 Å². The number of carboxylic acid groups (broad SMARTS) is 1. The molecule has 2 atom stereocenters. The van der Waals surface area contributed by atoms with Crippen molar-refractivity contribution in [2.75, 3.05) is 24.6 Å². The van der Waals surface area contributed by atoms with Gasteiger partial charge in [0.15, 0.2) is 0 Å². The predicted molar refractivity (Wildman–Crippen MR) is 120 cm³/mol. The summed E-state index contributed by atoms with van der Waals surface area (Å²) in [5, 5.41) is 14.9. The summed E-state index contributed by atoms with van der Waals surface area (Å²) >= 11 is 0. The number of ether oxygens (including phenoxy) is 1. The summed E-state index contributed by atoms with van der Waals surface area (Å²) in [6.07, 6.45) is -0.163. The highest BCUT2D eigenvalue weighted by Gasteiger charge is 2.27. The average Bonchev–Trinajstić information content (AvgIpc) is 2.78. The fourth-order valence-corrected chi connectivity index (χ4v) is 4.01. The minimum Gasteiger partial charge on any atom is -0.481 e. The molecule has 3 aromatic carbocycles. The van der Waals surface area contributed by atoms with Gasteiger partial charge in [-0.2, -0.15) is 0 Å². The maximum absolute atomic E-state index is 12.4. The topological polar surface area (TPSA) is 78.9 Å². The summed E-state index contributed by atoms with van der Waals surface area (Å²) in [7, 11) is 0. The van der Waals surface area contributed by atoms with Gasteiger partial charge in [-0.3, -0.25) is 9.59 Å². The Kier molecular flexibility index (Phi) is 6.30. The molecule has 1 saturated heterocycles. The van der Waals surface area contributed by atoms with Gasteiger partial charge in [-0.1, -0.05) is 54.6 Å². The van der Waals surface area contributed by atoms with Crippen LogP contribution in [0.1, 0.15) is 24.1 Å². The number of nitrogens with one attached hydrogen (secondary N) is 1. The lowest BCUT2D eigenvalue weighted by atomic mass is 9.99. The number of benzene rings is 3. The molecule has 0 radical (unpaired) electrons. The molecule has 0 aromatic heterocycles. The van der Waals surface area contributed by atoms with Gasteiger partial charge in [-0.15, -0.1) is 0 Å². The third-order valence-corrected chi connectivity index (χ3v) is 5.67. The number of nitrogens with zero attached hydrogens (tertiary/aromatic N) is 1. The standard InChI is InChI=1S/C25H26N2O4/c1-17(22-8-4-6-19-5-2-3-7-23(19)22)26-14-21-15-27(24(28)16-31-21)20-11-9-18(10-12-20)13-25(29)30/h2-12,17,21,26H,13-16H2,1H3,(H,29,30). The van der Waals surface area contributed by atoms with Gasteiger partial charge < -0.3 is 20.1 Å². The zero-order valence-corrected chi connectivity index (χ0v) is 17.5. The molecule has 0 saturated carbocycles. The number of anilines is 1. The minimum atomic E-state index is -0.873. The molecule has 1 heterocycles. The lowest BCUT2D eigenvalue weighted by Crippen LogP contribution is -2.50. The first-order chi connectivity index (χ1) is 15.0. The van der Waals surface area contributed by atoms with Gasteiger partial charge in [-0.25, -0.2) is 0 Å². The van der Waals surface area contributed by atoms with Crippen LogP contribution in [-0.2, 0) is 20.7 Å². The van der Waals surface area contributed by atoms with E-state index >= 15 is 0 Å². The van der Waals surface area contributed by atoms with E-state index in [0.29, 0.717) is 18.7 Å². The number of carboxylic acids is 1. The first-order valence-electron chi connectivity index (χ1n) is 10.4. The van der Waals surface area contributed by atoms with E-state index in [4.69, 9.17) is 9.84 Å². The molecule has 1 fully saturated rings. The van der Waals surface area contributed by atoms with E-state index in [1.54, 1.807) is 29.2 Å². The van der Waals surface area contributed by atoms with E-state index in [0.717, 1.165) is 5.69 Å². The molecule has 160 valence electrons. The zero-order valence-electron chi connectivity index (χ0n) is 17.5. The summed E-state index contributed by atoms with van der Waals surface area (Å²) in [6, 6.07) is 21.9. The lowest BCUT2D eigenvalue weighted by Gasteiger charge is -2.33. The van der Waals surface area contributed by atoms with Crippen LogP contribution in [-0.4, -0.2) is 42.8 Å². The van der Waals surface area contributed by atoms with E-state index in [9.17, 15) is 9.59 Å². The lowest BCUT2D eigenvalue weighted by molar-refractivity contribution is -0.136. The first kappa shape index (κ1) is 21.0. The van der Waals surface area contributed by atoms with Gasteiger partial charge in [0.1, 0.15) is 6.61 Å². The van der Waals surface area contributed by atoms with Crippen LogP contribution in [0.25, 0.3) is 10.8 Å². The Bertz CT molecular complexity index is 1080. The molecule has 2 N–H and O–H groups in total. The Hall–Kier alpha value is -3.22. The number of amides is 1. The van der Waals surface area contributed by atoms with E-state index in [-0.39, 0.29) is 31.1 Å². The van der Waals surface area contributed by atoms with Crippen molar-refractivity contribution < 1.29 is 19.4 Å². The number of carbonyl (C=O) groups is 2. The van der Waals surface area contributed by atoms with Gasteiger partial charge in [0, 0.05) is 18.3 Å². The SMILES string of the molecule is CC(NCC1CN(c2ccc(CC(=O)O)cc2)C(=O)CO1)c1cccc2ccccc12. The molecule has 0 bridgehead atoms. The highest BCUT2D eigenvalue weighted by molar-refractivity contribution is 5.95. The van der Waals surface area contributed by atoms with Crippen LogP contribution in [0.15, 0.2) is 66.7 Å². The Morgan fingerprint density at radius 3 is 2.65 bits per heavy atom. The first-order valence-corrected chi connectivity index (χ1v) is 10.4. The molecule has 1 aliphatic rings. The number of carbonyl (C=O) groups excluding carboxylic acids is 1. The number of fused-ring (bicyclic) bond motifs is 1. The van der Waals surface area contributed by atoms with Crippen molar-refractivity contribution >= 4 is 28.3 Å². The number of hydrogen-bond acceptors (Lipinski definition) is 4.